The summed E-state index contributed by atoms with van der Waals surface area (Å²) < 4.78 is 0. The molecule has 0 saturated carbocycles. The van der Waals surface area contributed by atoms with Gasteiger partial charge in [-0.15, -0.1) is 0 Å². The number of nitrogens with two attached hydrogens (primary N) is 1. The Morgan fingerprint density at radius 1 is 0.926 bits per heavy atom. The van der Waals surface area contributed by atoms with Gasteiger partial charge >= 0.3 is 0 Å². The largest absolute Gasteiger partial charge is 0.376 e. The van der Waals surface area contributed by atoms with Gasteiger partial charge in [-0.05, 0) is 63.2 Å². The molecule has 0 bridgehead atoms. The quantitative estimate of drug-likeness (QED) is 0.627. The molecule has 2 aromatic rings. The second-order valence-corrected chi connectivity index (χ2v) is 7.13. The molecule has 0 fully saturated rings. The van der Waals surface area contributed by atoms with E-state index in [1.54, 1.807) is 48.5 Å². The Balaban J connectivity index is 1.89. The van der Waals surface area contributed by atoms with Crippen molar-refractivity contribution in [3.63, 3.8) is 0 Å². The lowest BCUT2D eigenvalue weighted by molar-refractivity contribution is -0.114. The lowest BCUT2D eigenvalue weighted by atomic mass is 10.1. The number of anilines is 2. The van der Waals surface area contributed by atoms with Crippen molar-refractivity contribution in [1.82, 2.24) is 5.32 Å². The van der Waals surface area contributed by atoms with Gasteiger partial charge < -0.3 is 21.7 Å². The third-order valence-electron chi connectivity index (χ3n) is 3.52. The summed E-state index contributed by atoms with van der Waals surface area (Å²) in [5, 5.41) is 8.55. The van der Waals surface area contributed by atoms with Crippen LogP contribution in [0.1, 0.15) is 41.5 Å². The lowest BCUT2D eigenvalue weighted by Gasteiger charge is -2.20. The van der Waals surface area contributed by atoms with E-state index in [0.717, 1.165) is 0 Å². The fraction of sp³-hybridized carbons (Fsp3) is 0.250. The highest BCUT2D eigenvalue weighted by Gasteiger charge is 2.15. The maximum absolute atomic E-state index is 12.1. The molecule has 0 aromatic heterocycles. The molecule has 0 aliphatic carbocycles. The summed E-state index contributed by atoms with van der Waals surface area (Å²) in [4.78, 5) is 35.3. The molecule has 0 spiro atoms. The number of hydrogen-bond acceptors (Lipinski definition) is 4. The molecule has 3 amide bonds. The van der Waals surface area contributed by atoms with E-state index in [4.69, 9.17) is 5.73 Å². The number of rotatable bonds is 6. The highest BCUT2D eigenvalue weighted by Crippen LogP contribution is 2.12. The monoisotopic (exact) mass is 368 g/mol. The molecular weight excluding hydrogens is 344 g/mol. The van der Waals surface area contributed by atoms with Crippen LogP contribution in [0.4, 0.5) is 11.4 Å². The summed E-state index contributed by atoms with van der Waals surface area (Å²) in [7, 11) is 0. The van der Waals surface area contributed by atoms with E-state index in [1.807, 2.05) is 20.8 Å². The first-order valence-corrected chi connectivity index (χ1v) is 8.50. The van der Waals surface area contributed by atoms with Gasteiger partial charge in [-0.2, -0.15) is 0 Å². The molecule has 5 N–H and O–H groups in total. The van der Waals surface area contributed by atoms with Crippen molar-refractivity contribution >= 4 is 29.1 Å². The van der Waals surface area contributed by atoms with Gasteiger partial charge in [0, 0.05) is 28.0 Å². The standard InChI is InChI=1S/C20H24N4O3/c1-20(2,3)24-19(27)13-7-9-15(10-8-13)23-17(25)12-22-16-6-4-5-14(11-16)18(21)26/h4-11,22H,12H2,1-3H3,(H2,21,26)(H,23,25)(H,24,27). The molecule has 0 atom stereocenters. The average Bonchev–Trinajstić information content (AvgIpc) is 2.59. The first kappa shape index (κ1) is 20.0. The smallest absolute Gasteiger partial charge is 0.251 e. The number of nitrogens with one attached hydrogen (secondary N) is 3. The van der Waals surface area contributed by atoms with E-state index in [9.17, 15) is 14.4 Å². The molecule has 0 unspecified atom stereocenters. The average molecular weight is 368 g/mol. The van der Waals surface area contributed by atoms with E-state index >= 15 is 0 Å². The fourth-order valence-corrected chi connectivity index (χ4v) is 2.29. The van der Waals surface area contributed by atoms with Crippen LogP contribution in [0.15, 0.2) is 48.5 Å². The van der Waals surface area contributed by atoms with Crippen molar-refractivity contribution in [2.24, 2.45) is 5.73 Å². The van der Waals surface area contributed by atoms with E-state index < -0.39 is 5.91 Å². The van der Waals surface area contributed by atoms with Crippen LogP contribution in [-0.2, 0) is 4.79 Å². The lowest BCUT2D eigenvalue weighted by Crippen LogP contribution is -2.40. The van der Waals surface area contributed by atoms with Crippen LogP contribution in [-0.4, -0.2) is 29.8 Å². The van der Waals surface area contributed by atoms with E-state index in [0.29, 0.717) is 22.5 Å². The summed E-state index contributed by atoms with van der Waals surface area (Å²) in [6.45, 7) is 5.75. The number of hydrogen-bond donors (Lipinski definition) is 4. The van der Waals surface area contributed by atoms with Crippen LogP contribution in [0, 0.1) is 0 Å². The Hall–Kier alpha value is -3.35. The second kappa shape index (κ2) is 8.35. The first-order valence-electron chi connectivity index (χ1n) is 8.50. The molecule has 7 nitrogen and oxygen atoms in total. The number of amides is 3. The van der Waals surface area contributed by atoms with Crippen LogP contribution >= 0.6 is 0 Å². The topological polar surface area (TPSA) is 113 Å². The van der Waals surface area contributed by atoms with Crippen molar-refractivity contribution in [1.29, 1.82) is 0 Å². The maximum Gasteiger partial charge on any atom is 0.251 e. The van der Waals surface area contributed by atoms with Crippen LogP contribution in [0.5, 0.6) is 0 Å². The maximum atomic E-state index is 12.1. The van der Waals surface area contributed by atoms with Gasteiger partial charge in [0.25, 0.3) is 5.91 Å². The summed E-state index contributed by atoms with van der Waals surface area (Å²) in [6.07, 6.45) is 0. The van der Waals surface area contributed by atoms with Gasteiger partial charge in [0.1, 0.15) is 0 Å². The van der Waals surface area contributed by atoms with Gasteiger partial charge in [-0.3, -0.25) is 14.4 Å². The zero-order chi connectivity index (χ0) is 20.0. The normalized spacial score (nSPS) is 10.8. The van der Waals surface area contributed by atoms with E-state index in [-0.39, 0.29) is 23.9 Å². The molecule has 2 rings (SSSR count). The van der Waals surface area contributed by atoms with Crippen LogP contribution in [0.3, 0.4) is 0 Å². The van der Waals surface area contributed by atoms with Crippen molar-refractivity contribution in [3.8, 4) is 0 Å². The third kappa shape index (κ3) is 6.47. The van der Waals surface area contributed by atoms with Crippen molar-refractivity contribution < 1.29 is 14.4 Å². The predicted molar refractivity (Wildman–Crippen MR) is 106 cm³/mol. The Bertz CT molecular complexity index is 839. The van der Waals surface area contributed by atoms with Crippen LogP contribution in [0.25, 0.3) is 0 Å². The highest BCUT2D eigenvalue weighted by molar-refractivity contribution is 5.97. The number of benzene rings is 2. The minimum atomic E-state index is -0.529. The minimum absolute atomic E-state index is 0.0223. The molecule has 2 aromatic carbocycles. The molecule has 0 aliphatic heterocycles. The molecule has 0 heterocycles. The molecular formula is C20H24N4O3. The van der Waals surface area contributed by atoms with Crippen LogP contribution in [0.2, 0.25) is 0 Å². The van der Waals surface area contributed by atoms with Gasteiger partial charge in [-0.1, -0.05) is 6.07 Å². The Morgan fingerprint density at radius 2 is 1.59 bits per heavy atom. The van der Waals surface area contributed by atoms with E-state index in [2.05, 4.69) is 16.0 Å². The Labute approximate surface area is 158 Å². The molecule has 0 saturated heterocycles. The second-order valence-electron chi connectivity index (χ2n) is 7.13. The predicted octanol–water partition coefficient (Wildman–Crippen LogP) is 2.36. The number of carbonyl (C=O) groups is 3. The Kier molecular flexibility index (Phi) is 6.18. The van der Waals surface area contributed by atoms with Gasteiger partial charge in [-0.25, -0.2) is 0 Å². The van der Waals surface area contributed by atoms with Gasteiger partial charge in [0.15, 0.2) is 0 Å². The summed E-state index contributed by atoms with van der Waals surface area (Å²) in [5.41, 5.74) is 7.00. The Morgan fingerprint density at radius 3 is 2.19 bits per heavy atom. The van der Waals surface area contributed by atoms with Gasteiger partial charge in [0.05, 0.1) is 6.54 Å². The third-order valence-corrected chi connectivity index (χ3v) is 3.52. The number of primary amides is 1. The van der Waals surface area contributed by atoms with Crippen LogP contribution < -0.4 is 21.7 Å². The molecule has 0 radical (unpaired) electrons. The molecule has 27 heavy (non-hydrogen) atoms. The summed E-state index contributed by atoms with van der Waals surface area (Å²) in [6, 6.07) is 13.3. The minimum Gasteiger partial charge on any atom is -0.376 e. The summed E-state index contributed by atoms with van der Waals surface area (Å²) in [5.74, 6) is -0.957. The van der Waals surface area contributed by atoms with Crippen molar-refractivity contribution in [2.75, 3.05) is 17.2 Å². The summed E-state index contributed by atoms with van der Waals surface area (Å²) >= 11 is 0. The molecule has 0 aliphatic rings. The zero-order valence-electron chi connectivity index (χ0n) is 15.6. The van der Waals surface area contributed by atoms with E-state index in [1.165, 1.54) is 0 Å². The SMILES string of the molecule is CC(C)(C)NC(=O)c1ccc(NC(=O)CNc2cccc(C(N)=O)c2)cc1. The first-order chi connectivity index (χ1) is 12.6. The highest BCUT2D eigenvalue weighted by atomic mass is 16.2. The molecule has 142 valence electrons. The zero-order valence-corrected chi connectivity index (χ0v) is 15.6. The van der Waals surface area contributed by atoms with Gasteiger partial charge in [0.2, 0.25) is 11.8 Å². The van der Waals surface area contributed by atoms with Crippen molar-refractivity contribution in [3.05, 3.63) is 59.7 Å². The molecule has 7 heteroatoms. The fourth-order valence-electron chi connectivity index (χ4n) is 2.29. The van der Waals surface area contributed by atoms with Crippen molar-refractivity contribution in [2.45, 2.75) is 26.3 Å². The number of carbonyl (C=O) groups excluding carboxylic acids is 3.